The Morgan fingerprint density at radius 1 is 1.46 bits per heavy atom. The van der Waals surface area contributed by atoms with Gasteiger partial charge in [-0.1, -0.05) is 0 Å². The predicted molar refractivity (Wildman–Crippen MR) is 97.9 cm³/mol. The molecule has 1 fully saturated rings. The molecule has 1 aliphatic heterocycles. The van der Waals surface area contributed by atoms with Gasteiger partial charge >= 0.3 is 150 Å². The van der Waals surface area contributed by atoms with E-state index in [0.29, 0.717) is 23.3 Å². The van der Waals surface area contributed by atoms with Crippen molar-refractivity contribution in [3.8, 4) is 0 Å². The molecule has 2 rings (SSSR count). The summed E-state index contributed by atoms with van der Waals surface area (Å²) in [6.45, 7) is 3.37. The monoisotopic (exact) mass is 422 g/mol. The van der Waals surface area contributed by atoms with Crippen molar-refractivity contribution in [3.05, 3.63) is 22.1 Å². The van der Waals surface area contributed by atoms with Gasteiger partial charge in [0.2, 0.25) is 0 Å². The zero-order chi connectivity index (χ0) is 18.1. The molecule has 135 valence electrons. The van der Waals surface area contributed by atoms with Crippen LogP contribution in [0.1, 0.15) is 18.2 Å². The fraction of sp³-hybridized carbons (Fsp3) is 0.667. The van der Waals surface area contributed by atoms with Gasteiger partial charge in [0, 0.05) is 0 Å². The summed E-state index contributed by atoms with van der Waals surface area (Å²) in [5.41, 5.74) is 0.137. The fourth-order valence-corrected chi connectivity index (χ4v) is 4.12. The zero-order valence-corrected chi connectivity index (χ0v) is 16.8. The maximum atomic E-state index is 11.9. The summed E-state index contributed by atoms with van der Waals surface area (Å²) in [6, 6.07) is 0. The third kappa shape index (κ3) is 4.58. The molecular formula is C15H25N3O4PSe. The Balaban J connectivity index is 2.24. The van der Waals surface area contributed by atoms with Crippen LogP contribution >= 0.6 is 6.89 Å². The van der Waals surface area contributed by atoms with Crippen molar-refractivity contribution in [2.75, 3.05) is 26.5 Å². The second-order valence-corrected chi connectivity index (χ2v) is 11.9. The summed E-state index contributed by atoms with van der Waals surface area (Å²) in [7, 11) is 1.74. The predicted octanol–water partition coefficient (Wildman–Crippen LogP) is -1.52. The van der Waals surface area contributed by atoms with Crippen molar-refractivity contribution in [3.63, 3.8) is 0 Å². The van der Waals surface area contributed by atoms with Gasteiger partial charge in [0.15, 0.2) is 0 Å². The Morgan fingerprint density at radius 2 is 2.12 bits per heavy atom. The first kappa shape index (κ1) is 19.9. The van der Waals surface area contributed by atoms with Crippen molar-refractivity contribution in [2.24, 2.45) is 0 Å². The molecule has 2 heterocycles. The van der Waals surface area contributed by atoms with Crippen LogP contribution in [0.15, 0.2) is 11.0 Å². The number of aromatic nitrogens is 2. The van der Waals surface area contributed by atoms with Crippen molar-refractivity contribution >= 4 is 33.9 Å². The first-order valence-corrected chi connectivity index (χ1v) is 11.7. The molecule has 1 unspecified atom stereocenters. The number of ether oxygens (including phenoxy) is 1. The summed E-state index contributed by atoms with van der Waals surface area (Å²) < 4.78 is 7.79. The minimum absolute atomic E-state index is 0.321. The molecule has 1 radical (unpaired) electrons. The van der Waals surface area contributed by atoms with E-state index in [2.05, 4.69) is 45.9 Å². The number of rotatable bonds is 6. The second kappa shape index (κ2) is 7.83. The van der Waals surface area contributed by atoms with Crippen LogP contribution in [0.5, 0.6) is 0 Å². The van der Waals surface area contributed by atoms with E-state index in [4.69, 9.17) is 4.74 Å². The number of nitrogens with zero attached hydrogens (tertiary/aromatic N) is 2. The van der Waals surface area contributed by atoms with E-state index in [1.54, 1.807) is 17.8 Å². The third-order valence-corrected chi connectivity index (χ3v) is 6.09. The van der Waals surface area contributed by atoms with E-state index >= 15 is 0 Å². The molecular weight excluding hydrogens is 396 g/mol. The van der Waals surface area contributed by atoms with Gasteiger partial charge in [-0.3, -0.25) is 0 Å². The number of hydrogen-bond donors (Lipinski definition) is 3. The molecule has 0 amide bonds. The fourth-order valence-electron chi connectivity index (χ4n) is 2.66. The van der Waals surface area contributed by atoms with Crippen LogP contribution in [0.4, 0.5) is 0 Å². The quantitative estimate of drug-likeness (QED) is 0.381. The molecule has 1 aliphatic rings. The standard InChI is InChI=1S/C15H25N3O4PSe/c1-16-7-9-8-18(15(24)17-13(9)21)14-12(20)11(19)10(22-14)5-6-23(2,3)4/h8,10-12,14,16,19-20H,2,5-7H2,1,3-4H3/t10?,11-,12-,14-/m1/s1. The molecule has 4 atom stereocenters. The summed E-state index contributed by atoms with van der Waals surface area (Å²) >= 11 is 2.72. The Morgan fingerprint density at radius 3 is 2.71 bits per heavy atom. The molecule has 0 aromatic carbocycles. The first-order valence-electron chi connectivity index (χ1n) is 7.76. The Bertz CT molecular complexity index is 690. The minimum atomic E-state index is -1.24. The van der Waals surface area contributed by atoms with E-state index in [0.717, 1.165) is 6.16 Å². The van der Waals surface area contributed by atoms with E-state index < -0.39 is 31.4 Å². The van der Waals surface area contributed by atoms with Crippen LogP contribution < -0.4 is 15.6 Å². The van der Waals surface area contributed by atoms with Crippen LogP contribution in [0.2, 0.25) is 0 Å². The van der Waals surface area contributed by atoms with Gasteiger partial charge in [-0.25, -0.2) is 0 Å². The molecule has 24 heavy (non-hydrogen) atoms. The third-order valence-electron chi connectivity index (χ3n) is 3.99. The summed E-state index contributed by atoms with van der Waals surface area (Å²) in [6.07, 6.45) is 3.97. The van der Waals surface area contributed by atoms with Crippen molar-refractivity contribution in [1.29, 1.82) is 0 Å². The average molecular weight is 421 g/mol. The number of hydrogen-bond acceptors (Lipinski definition) is 6. The Hall–Kier alpha value is -0.461. The van der Waals surface area contributed by atoms with Crippen LogP contribution in [-0.2, 0) is 11.3 Å². The van der Waals surface area contributed by atoms with Crippen LogP contribution in [0, 0.1) is 0 Å². The van der Waals surface area contributed by atoms with Gasteiger partial charge in [-0.05, 0) is 0 Å². The van der Waals surface area contributed by atoms with E-state index in [-0.39, 0.29) is 5.56 Å². The first-order chi connectivity index (χ1) is 11.1. The normalized spacial score (nSPS) is 27.5. The SMILES string of the molecule is C=P(C)(C)CCC1O[C@@H](n2cc(CNC)c(=O)nc2[Se])[C@H](O)[C@@H]1O. The van der Waals surface area contributed by atoms with Crippen LogP contribution in [0.3, 0.4) is 0 Å². The molecule has 0 saturated carbocycles. The van der Waals surface area contributed by atoms with Crippen LogP contribution in [-0.4, -0.2) is 86.9 Å². The van der Waals surface area contributed by atoms with Crippen LogP contribution in [0.25, 0.3) is 0 Å². The van der Waals surface area contributed by atoms with Gasteiger partial charge in [0.05, 0.1) is 0 Å². The number of aliphatic hydroxyl groups is 2. The number of nitrogens with one attached hydrogen (secondary N) is 1. The molecule has 0 bridgehead atoms. The van der Waals surface area contributed by atoms with Crippen molar-refractivity contribution in [1.82, 2.24) is 14.9 Å². The van der Waals surface area contributed by atoms with Crippen molar-refractivity contribution in [2.45, 2.75) is 37.5 Å². The Labute approximate surface area is 150 Å². The topological polar surface area (TPSA) is 96.6 Å². The summed E-state index contributed by atoms with van der Waals surface area (Å²) in [5.74, 6) is 0. The molecule has 3 N–H and O–H groups in total. The molecule has 0 aliphatic carbocycles. The van der Waals surface area contributed by atoms with Gasteiger partial charge < -0.3 is 0 Å². The van der Waals surface area contributed by atoms with Gasteiger partial charge in [-0.15, -0.1) is 0 Å². The number of aliphatic hydroxyl groups excluding tert-OH is 2. The van der Waals surface area contributed by atoms with E-state index in [1.165, 1.54) is 0 Å². The van der Waals surface area contributed by atoms with E-state index in [1.807, 2.05) is 0 Å². The summed E-state index contributed by atoms with van der Waals surface area (Å²) in [4.78, 5) is 15.8. The van der Waals surface area contributed by atoms with E-state index in [9.17, 15) is 15.0 Å². The second-order valence-electron chi connectivity index (χ2n) is 6.79. The average Bonchev–Trinajstić information content (AvgIpc) is 2.75. The molecule has 1 saturated heterocycles. The summed E-state index contributed by atoms with van der Waals surface area (Å²) in [5, 5.41) is 23.6. The maximum absolute atomic E-state index is 11.9. The van der Waals surface area contributed by atoms with Gasteiger partial charge in [0.25, 0.3) is 0 Å². The van der Waals surface area contributed by atoms with Crippen molar-refractivity contribution < 1.29 is 14.9 Å². The molecule has 9 heteroatoms. The molecule has 1 aromatic rings. The zero-order valence-electron chi connectivity index (χ0n) is 14.2. The molecule has 0 spiro atoms. The van der Waals surface area contributed by atoms with Gasteiger partial charge in [0.1, 0.15) is 0 Å². The molecule has 1 aromatic heterocycles. The van der Waals surface area contributed by atoms with Gasteiger partial charge in [-0.2, -0.15) is 0 Å². The Kier molecular flexibility index (Phi) is 6.48. The molecule has 7 nitrogen and oxygen atoms in total.